The summed E-state index contributed by atoms with van der Waals surface area (Å²) in [6.07, 6.45) is 3.24. The Labute approximate surface area is 116 Å². The lowest BCUT2D eigenvalue weighted by atomic mass is 10.2. The number of azide groups is 1. The summed E-state index contributed by atoms with van der Waals surface area (Å²) in [5, 5.41) is 4.23. The van der Waals surface area contributed by atoms with Crippen molar-refractivity contribution >= 4 is 16.9 Å². The van der Waals surface area contributed by atoms with Crippen molar-refractivity contribution in [1.82, 2.24) is 4.98 Å². The van der Waals surface area contributed by atoms with Gasteiger partial charge in [-0.15, -0.1) is 0 Å². The third kappa shape index (κ3) is 3.70. The van der Waals surface area contributed by atoms with E-state index in [0.29, 0.717) is 31.6 Å². The molecule has 20 heavy (non-hydrogen) atoms. The maximum atomic E-state index is 11.7. The number of hydrogen-bond acceptors (Lipinski definition) is 4. The van der Waals surface area contributed by atoms with Gasteiger partial charge in [-0.3, -0.25) is 9.78 Å². The summed E-state index contributed by atoms with van der Waals surface area (Å²) in [4.78, 5) is 18.6. The number of carbonyl (C=O) groups is 1. The Morgan fingerprint density at radius 1 is 1.30 bits per heavy atom. The fourth-order valence-electron chi connectivity index (χ4n) is 1.83. The number of unbranched alkanes of at least 4 members (excludes halogenated alkanes) is 1. The zero-order valence-electron chi connectivity index (χ0n) is 10.9. The van der Waals surface area contributed by atoms with Gasteiger partial charge in [-0.2, -0.15) is 0 Å². The topological polar surface area (TPSA) is 88.0 Å². The summed E-state index contributed by atoms with van der Waals surface area (Å²) in [6, 6.07) is 9.18. The highest BCUT2D eigenvalue weighted by atomic mass is 16.5. The number of esters is 1. The van der Waals surface area contributed by atoms with Crippen molar-refractivity contribution in [2.75, 3.05) is 6.54 Å². The summed E-state index contributed by atoms with van der Waals surface area (Å²) < 4.78 is 5.35. The van der Waals surface area contributed by atoms with Crippen LogP contribution in [-0.2, 0) is 4.79 Å². The SMILES string of the molecule is [N-]=[N+]=NCCCCC(=O)Oc1ccnc2ccccc12. The van der Waals surface area contributed by atoms with Gasteiger partial charge in [0.1, 0.15) is 5.75 Å². The predicted octanol–water partition coefficient (Wildman–Crippen LogP) is 3.62. The number of pyridine rings is 1. The van der Waals surface area contributed by atoms with Crippen molar-refractivity contribution in [3.63, 3.8) is 0 Å². The Balaban J connectivity index is 1.94. The zero-order valence-corrected chi connectivity index (χ0v) is 10.9. The van der Waals surface area contributed by atoms with Crippen LogP contribution in [-0.4, -0.2) is 17.5 Å². The predicted molar refractivity (Wildman–Crippen MR) is 75.2 cm³/mol. The number of nitrogens with zero attached hydrogens (tertiary/aromatic N) is 4. The number of fused-ring (bicyclic) bond motifs is 1. The van der Waals surface area contributed by atoms with Crippen LogP contribution in [0, 0.1) is 0 Å². The average Bonchev–Trinajstić information content (AvgIpc) is 2.47. The summed E-state index contributed by atoms with van der Waals surface area (Å²) in [5.41, 5.74) is 8.92. The van der Waals surface area contributed by atoms with Crippen LogP contribution in [0.25, 0.3) is 21.3 Å². The second-order valence-electron chi connectivity index (χ2n) is 4.21. The lowest BCUT2D eigenvalue weighted by Gasteiger charge is -2.06. The first-order valence-electron chi connectivity index (χ1n) is 6.36. The zero-order chi connectivity index (χ0) is 14.2. The van der Waals surface area contributed by atoms with E-state index in [1.807, 2.05) is 24.3 Å². The highest BCUT2D eigenvalue weighted by Crippen LogP contribution is 2.23. The number of aromatic nitrogens is 1. The van der Waals surface area contributed by atoms with E-state index in [1.54, 1.807) is 12.3 Å². The van der Waals surface area contributed by atoms with Crippen LogP contribution >= 0.6 is 0 Å². The molecule has 0 saturated heterocycles. The van der Waals surface area contributed by atoms with Crippen LogP contribution in [0.15, 0.2) is 41.6 Å². The molecular weight excluding hydrogens is 256 g/mol. The minimum Gasteiger partial charge on any atom is -0.426 e. The summed E-state index contributed by atoms with van der Waals surface area (Å²) in [7, 11) is 0. The summed E-state index contributed by atoms with van der Waals surface area (Å²) in [5.74, 6) is 0.234. The van der Waals surface area contributed by atoms with E-state index >= 15 is 0 Å². The van der Waals surface area contributed by atoms with E-state index in [-0.39, 0.29) is 5.97 Å². The van der Waals surface area contributed by atoms with Gasteiger partial charge in [0.15, 0.2) is 0 Å². The molecule has 0 aliphatic rings. The second kappa shape index (κ2) is 7.11. The molecule has 1 aromatic carbocycles. The molecule has 1 aromatic heterocycles. The molecule has 0 fully saturated rings. The van der Waals surface area contributed by atoms with Gasteiger partial charge in [0.25, 0.3) is 0 Å². The number of para-hydroxylation sites is 1. The Morgan fingerprint density at radius 3 is 3.00 bits per heavy atom. The quantitative estimate of drug-likeness (QED) is 0.264. The highest BCUT2D eigenvalue weighted by Gasteiger charge is 2.08. The minimum absolute atomic E-state index is 0.290. The molecule has 0 spiro atoms. The molecule has 0 amide bonds. The second-order valence-corrected chi connectivity index (χ2v) is 4.21. The number of carbonyl (C=O) groups excluding carboxylic acids is 1. The van der Waals surface area contributed by atoms with Gasteiger partial charge in [0.2, 0.25) is 0 Å². The Bertz CT molecular complexity index is 645. The van der Waals surface area contributed by atoms with Crippen LogP contribution < -0.4 is 4.74 Å². The van der Waals surface area contributed by atoms with Crippen LogP contribution in [0.3, 0.4) is 0 Å². The standard InChI is InChI=1S/C14H14N4O2/c15-18-17-9-4-3-7-14(19)20-13-8-10-16-12-6-2-1-5-11(12)13/h1-2,5-6,8,10H,3-4,7,9H2. The highest BCUT2D eigenvalue weighted by molar-refractivity contribution is 5.87. The van der Waals surface area contributed by atoms with E-state index < -0.39 is 0 Å². The van der Waals surface area contributed by atoms with Crippen molar-refractivity contribution < 1.29 is 9.53 Å². The molecule has 1 heterocycles. The molecule has 0 aliphatic carbocycles. The molecule has 0 saturated carbocycles. The van der Waals surface area contributed by atoms with E-state index in [9.17, 15) is 4.79 Å². The molecule has 0 aliphatic heterocycles. The van der Waals surface area contributed by atoms with Gasteiger partial charge in [-0.05, 0) is 36.6 Å². The number of hydrogen-bond donors (Lipinski definition) is 0. The van der Waals surface area contributed by atoms with Crippen LogP contribution in [0.1, 0.15) is 19.3 Å². The number of ether oxygens (including phenoxy) is 1. The van der Waals surface area contributed by atoms with Crippen LogP contribution in [0.2, 0.25) is 0 Å². The first-order chi connectivity index (χ1) is 9.81. The molecule has 6 nitrogen and oxygen atoms in total. The Hall–Kier alpha value is -2.59. The van der Waals surface area contributed by atoms with Crippen LogP contribution in [0.4, 0.5) is 0 Å². The first-order valence-corrected chi connectivity index (χ1v) is 6.36. The molecular formula is C14H14N4O2. The molecule has 2 rings (SSSR count). The normalized spacial score (nSPS) is 10.0. The largest absolute Gasteiger partial charge is 0.426 e. The van der Waals surface area contributed by atoms with Gasteiger partial charge in [0.05, 0.1) is 5.52 Å². The van der Waals surface area contributed by atoms with Crippen molar-refractivity contribution in [2.24, 2.45) is 5.11 Å². The van der Waals surface area contributed by atoms with Gasteiger partial charge in [0, 0.05) is 29.5 Å². The lowest BCUT2D eigenvalue weighted by Crippen LogP contribution is -2.08. The third-order valence-corrected chi connectivity index (χ3v) is 2.79. The van der Waals surface area contributed by atoms with E-state index in [0.717, 1.165) is 10.9 Å². The fourth-order valence-corrected chi connectivity index (χ4v) is 1.83. The molecule has 0 unspecified atom stereocenters. The smallest absolute Gasteiger partial charge is 0.311 e. The molecule has 0 atom stereocenters. The van der Waals surface area contributed by atoms with Gasteiger partial charge >= 0.3 is 5.97 Å². The lowest BCUT2D eigenvalue weighted by molar-refractivity contribution is -0.134. The van der Waals surface area contributed by atoms with Gasteiger partial charge in [-0.25, -0.2) is 0 Å². The van der Waals surface area contributed by atoms with Crippen molar-refractivity contribution in [3.05, 3.63) is 47.0 Å². The van der Waals surface area contributed by atoms with Crippen molar-refractivity contribution in [1.29, 1.82) is 0 Å². The van der Waals surface area contributed by atoms with Crippen molar-refractivity contribution in [2.45, 2.75) is 19.3 Å². The number of benzene rings is 1. The Morgan fingerprint density at radius 2 is 2.15 bits per heavy atom. The Kier molecular flexibility index (Phi) is 4.92. The van der Waals surface area contributed by atoms with E-state index in [2.05, 4.69) is 15.0 Å². The van der Waals surface area contributed by atoms with E-state index in [4.69, 9.17) is 10.3 Å². The van der Waals surface area contributed by atoms with Gasteiger partial charge in [-0.1, -0.05) is 17.2 Å². The van der Waals surface area contributed by atoms with Crippen LogP contribution in [0.5, 0.6) is 5.75 Å². The maximum absolute atomic E-state index is 11.7. The van der Waals surface area contributed by atoms with Crippen molar-refractivity contribution in [3.8, 4) is 5.75 Å². The molecule has 102 valence electrons. The fraction of sp³-hybridized carbons (Fsp3) is 0.286. The van der Waals surface area contributed by atoms with E-state index in [1.165, 1.54) is 0 Å². The maximum Gasteiger partial charge on any atom is 0.311 e. The number of rotatable bonds is 6. The minimum atomic E-state index is -0.290. The molecule has 0 bridgehead atoms. The first kappa shape index (κ1) is 13.8. The molecule has 6 heteroatoms. The average molecular weight is 270 g/mol. The van der Waals surface area contributed by atoms with Gasteiger partial charge < -0.3 is 4.74 Å². The molecule has 2 aromatic rings. The molecule has 0 N–H and O–H groups in total. The summed E-state index contributed by atoms with van der Waals surface area (Å²) >= 11 is 0. The monoisotopic (exact) mass is 270 g/mol. The molecule has 0 radical (unpaired) electrons. The third-order valence-electron chi connectivity index (χ3n) is 2.79. The summed E-state index contributed by atoms with van der Waals surface area (Å²) in [6.45, 7) is 0.405.